The quantitative estimate of drug-likeness (QED) is 0.882. The number of rotatable bonds is 3. The highest BCUT2D eigenvalue weighted by atomic mass is 15.1. The van der Waals surface area contributed by atoms with Gasteiger partial charge < -0.3 is 10.2 Å². The lowest BCUT2D eigenvalue weighted by Crippen LogP contribution is -2.48. The first-order valence-corrected chi connectivity index (χ1v) is 6.99. The van der Waals surface area contributed by atoms with Crippen molar-refractivity contribution < 1.29 is 0 Å². The predicted octanol–water partition coefficient (Wildman–Crippen LogP) is 3.07. The third kappa shape index (κ3) is 2.86. The molecule has 0 aliphatic carbocycles. The summed E-state index contributed by atoms with van der Waals surface area (Å²) in [7, 11) is 2.06. The van der Waals surface area contributed by atoms with Crippen LogP contribution >= 0.6 is 0 Å². The maximum atomic E-state index is 3.35. The Labute approximate surface area is 111 Å². The molecule has 1 heterocycles. The minimum Gasteiger partial charge on any atom is -0.371 e. The fourth-order valence-electron chi connectivity index (χ4n) is 2.81. The zero-order valence-corrected chi connectivity index (χ0v) is 12.2. The van der Waals surface area contributed by atoms with Crippen LogP contribution in [0.5, 0.6) is 0 Å². The van der Waals surface area contributed by atoms with Crippen molar-refractivity contribution in [2.45, 2.75) is 27.2 Å². The first kappa shape index (κ1) is 13.4. The van der Waals surface area contributed by atoms with Crippen molar-refractivity contribution in [3.8, 4) is 0 Å². The molecule has 2 heteroatoms. The molecule has 2 nitrogen and oxygen atoms in total. The summed E-state index contributed by atoms with van der Waals surface area (Å²) in [4.78, 5) is 2.53. The van der Waals surface area contributed by atoms with Crippen molar-refractivity contribution in [1.82, 2.24) is 5.32 Å². The van der Waals surface area contributed by atoms with E-state index in [1.807, 2.05) is 0 Å². The molecule has 0 bridgehead atoms. The molecule has 1 aliphatic rings. The normalized spacial score (nSPS) is 23.1. The summed E-state index contributed by atoms with van der Waals surface area (Å²) in [5.41, 5.74) is 3.16. The Morgan fingerprint density at radius 3 is 2.56 bits per heavy atom. The average molecular weight is 246 g/mol. The standard InChI is InChI=1S/C16H26N2/c1-13-5-7-15(8-6-13)18-10-9-16(2,3)14(12-18)11-17-4/h5-8,14,17H,9-12H2,1-4H3. The van der Waals surface area contributed by atoms with Crippen LogP contribution in [0.3, 0.4) is 0 Å². The van der Waals surface area contributed by atoms with Gasteiger partial charge in [0.25, 0.3) is 0 Å². The van der Waals surface area contributed by atoms with Gasteiger partial charge in [0.1, 0.15) is 0 Å². The molecule has 1 aromatic rings. The Morgan fingerprint density at radius 1 is 1.28 bits per heavy atom. The molecule has 0 spiro atoms. The largest absolute Gasteiger partial charge is 0.371 e. The first-order valence-electron chi connectivity index (χ1n) is 6.99. The van der Waals surface area contributed by atoms with Gasteiger partial charge in [-0.25, -0.2) is 0 Å². The maximum Gasteiger partial charge on any atom is 0.0366 e. The SMILES string of the molecule is CNCC1CN(c2ccc(C)cc2)CCC1(C)C. The Kier molecular flexibility index (Phi) is 3.96. The van der Waals surface area contributed by atoms with Crippen LogP contribution in [0.2, 0.25) is 0 Å². The molecule has 1 unspecified atom stereocenters. The number of hydrogen-bond acceptors (Lipinski definition) is 2. The zero-order chi connectivity index (χ0) is 13.2. The highest BCUT2D eigenvalue weighted by Crippen LogP contribution is 2.36. The van der Waals surface area contributed by atoms with Crippen molar-refractivity contribution in [3.63, 3.8) is 0 Å². The molecule has 1 atom stereocenters. The summed E-state index contributed by atoms with van der Waals surface area (Å²) in [6.07, 6.45) is 1.27. The Balaban J connectivity index is 2.10. The van der Waals surface area contributed by atoms with E-state index in [1.165, 1.54) is 24.2 Å². The van der Waals surface area contributed by atoms with E-state index in [9.17, 15) is 0 Å². The second-order valence-electron chi connectivity index (χ2n) is 6.27. The van der Waals surface area contributed by atoms with Crippen molar-refractivity contribution in [1.29, 1.82) is 0 Å². The molecular weight excluding hydrogens is 220 g/mol. The van der Waals surface area contributed by atoms with Crippen LogP contribution in [0.15, 0.2) is 24.3 Å². The fraction of sp³-hybridized carbons (Fsp3) is 0.625. The minimum absolute atomic E-state index is 0.449. The third-order valence-corrected chi connectivity index (χ3v) is 4.42. The minimum atomic E-state index is 0.449. The molecule has 0 aromatic heterocycles. The van der Waals surface area contributed by atoms with E-state index in [1.54, 1.807) is 0 Å². The predicted molar refractivity (Wildman–Crippen MR) is 79.2 cm³/mol. The molecular formula is C16H26N2. The molecule has 1 aliphatic heterocycles. The summed E-state index contributed by atoms with van der Waals surface area (Å²) < 4.78 is 0. The van der Waals surface area contributed by atoms with E-state index < -0.39 is 0 Å². The Bertz CT molecular complexity index is 381. The molecule has 1 N–H and O–H groups in total. The molecule has 0 amide bonds. The molecule has 100 valence electrons. The lowest BCUT2D eigenvalue weighted by Gasteiger charge is -2.45. The number of benzene rings is 1. The molecule has 18 heavy (non-hydrogen) atoms. The fourth-order valence-corrected chi connectivity index (χ4v) is 2.81. The number of nitrogens with one attached hydrogen (secondary N) is 1. The van der Waals surface area contributed by atoms with E-state index in [2.05, 4.69) is 62.3 Å². The van der Waals surface area contributed by atoms with Gasteiger partial charge >= 0.3 is 0 Å². The number of anilines is 1. The van der Waals surface area contributed by atoms with Crippen LogP contribution in [-0.4, -0.2) is 26.7 Å². The van der Waals surface area contributed by atoms with Crippen LogP contribution < -0.4 is 10.2 Å². The number of piperidine rings is 1. The van der Waals surface area contributed by atoms with Gasteiger partial charge in [-0.15, -0.1) is 0 Å². The number of nitrogens with zero attached hydrogens (tertiary/aromatic N) is 1. The topological polar surface area (TPSA) is 15.3 Å². The molecule has 0 radical (unpaired) electrons. The van der Waals surface area contributed by atoms with Crippen LogP contribution in [0.1, 0.15) is 25.8 Å². The van der Waals surface area contributed by atoms with Gasteiger partial charge in [0.2, 0.25) is 0 Å². The van der Waals surface area contributed by atoms with Gasteiger partial charge in [-0.2, -0.15) is 0 Å². The maximum absolute atomic E-state index is 3.35. The lowest BCUT2D eigenvalue weighted by molar-refractivity contribution is 0.169. The first-order chi connectivity index (χ1) is 8.53. The van der Waals surface area contributed by atoms with Gasteiger partial charge in [0.15, 0.2) is 0 Å². The van der Waals surface area contributed by atoms with E-state index in [0.717, 1.165) is 19.0 Å². The highest BCUT2D eigenvalue weighted by Gasteiger charge is 2.34. The van der Waals surface area contributed by atoms with E-state index in [0.29, 0.717) is 5.41 Å². The van der Waals surface area contributed by atoms with Gasteiger partial charge in [0.05, 0.1) is 0 Å². The molecule has 1 aromatic carbocycles. The summed E-state index contributed by atoms with van der Waals surface area (Å²) in [5.74, 6) is 0.720. The van der Waals surface area contributed by atoms with E-state index in [4.69, 9.17) is 0 Å². The molecule has 1 fully saturated rings. The number of hydrogen-bond donors (Lipinski definition) is 1. The van der Waals surface area contributed by atoms with Crippen LogP contribution in [-0.2, 0) is 0 Å². The van der Waals surface area contributed by atoms with Crippen molar-refractivity contribution in [2.75, 3.05) is 31.6 Å². The number of aryl methyl sites for hydroxylation is 1. The van der Waals surface area contributed by atoms with Crippen molar-refractivity contribution in [3.05, 3.63) is 29.8 Å². The summed E-state index contributed by atoms with van der Waals surface area (Å²) >= 11 is 0. The smallest absolute Gasteiger partial charge is 0.0366 e. The lowest BCUT2D eigenvalue weighted by atomic mass is 9.73. The van der Waals surface area contributed by atoms with Crippen LogP contribution in [0, 0.1) is 18.3 Å². The summed E-state index contributed by atoms with van der Waals surface area (Å²) in [6.45, 7) is 10.4. The van der Waals surface area contributed by atoms with Crippen LogP contribution in [0.4, 0.5) is 5.69 Å². The van der Waals surface area contributed by atoms with Gasteiger partial charge in [-0.3, -0.25) is 0 Å². The van der Waals surface area contributed by atoms with Gasteiger partial charge in [-0.1, -0.05) is 31.5 Å². The highest BCUT2D eigenvalue weighted by molar-refractivity contribution is 5.48. The average Bonchev–Trinajstić information content (AvgIpc) is 2.33. The monoisotopic (exact) mass is 246 g/mol. The summed E-state index contributed by atoms with van der Waals surface area (Å²) in [5, 5.41) is 3.35. The van der Waals surface area contributed by atoms with Gasteiger partial charge in [0, 0.05) is 18.8 Å². The second-order valence-corrected chi connectivity index (χ2v) is 6.27. The second kappa shape index (κ2) is 5.31. The Hall–Kier alpha value is -1.02. The van der Waals surface area contributed by atoms with E-state index >= 15 is 0 Å². The summed E-state index contributed by atoms with van der Waals surface area (Å²) in [6, 6.07) is 8.93. The molecule has 0 saturated carbocycles. The zero-order valence-electron chi connectivity index (χ0n) is 12.2. The Morgan fingerprint density at radius 2 is 1.94 bits per heavy atom. The van der Waals surface area contributed by atoms with Crippen molar-refractivity contribution in [2.24, 2.45) is 11.3 Å². The van der Waals surface area contributed by atoms with Gasteiger partial charge in [-0.05, 0) is 50.4 Å². The molecule has 2 rings (SSSR count). The van der Waals surface area contributed by atoms with E-state index in [-0.39, 0.29) is 0 Å². The van der Waals surface area contributed by atoms with Crippen molar-refractivity contribution >= 4 is 5.69 Å². The van der Waals surface area contributed by atoms with Crippen LogP contribution in [0.25, 0.3) is 0 Å². The molecule has 1 saturated heterocycles. The third-order valence-electron chi connectivity index (χ3n) is 4.42.